The van der Waals surface area contributed by atoms with Crippen LogP contribution in [0.5, 0.6) is 5.75 Å². The molecule has 0 spiro atoms. The summed E-state index contributed by atoms with van der Waals surface area (Å²) in [4.78, 5) is 18.2. The Balaban J connectivity index is 1.45. The summed E-state index contributed by atoms with van der Waals surface area (Å²) < 4.78 is 12.5. The number of benzene rings is 1. The van der Waals surface area contributed by atoms with E-state index in [2.05, 4.69) is 10.1 Å². The maximum Gasteiger partial charge on any atom is 0.248 e. The van der Waals surface area contributed by atoms with E-state index in [1.54, 1.807) is 13.4 Å². The zero-order valence-electron chi connectivity index (χ0n) is 13.8. The highest BCUT2D eigenvalue weighted by molar-refractivity contribution is 5.77. The van der Waals surface area contributed by atoms with Crippen molar-refractivity contribution in [2.45, 2.75) is 25.5 Å². The van der Waals surface area contributed by atoms with Crippen LogP contribution in [0.25, 0.3) is 0 Å². The highest BCUT2D eigenvalue weighted by atomic mass is 16.5. The van der Waals surface area contributed by atoms with Crippen LogP contribution in [0.1, 0.15) is 24.4 Å². The van der Waals surface area contributed by atoms with Gasteiger partial charge < -0.3 is 14.4 Å². The second-order valence-corrected chi connectivity index (χ2v) is 5.85. The first-order valence-corrected chi connectivity index (χ1v) is 8.09. The van der Waals surface area contributed by atoms with Crippen molar-refractivity contribution in [1.82, 2.24) is 19.7 Å². The van der Waals surface area contributed by atoms with Crippen LogP contribution in [0.2, 0.25) is 0 Å². The van der Waals surface area contributed by atoms with Gasteiger partial charge in [0.2, 0.25) is 5.91 Å². The van der Waals surface area contributed by atoms with Crippen molar-refractivity contribution in [3.63, 3.8) is 0 Å². The summed E-state index contributed by atoms with van der Waals surface area (Å²) >= 11 is 0. The molecular weight excluding hydrogens is 308 g/mol. The van der Waals surface area contributed by atoms with Gasteiger partial charge in [-0.15, -0.1) is 0 Å². The zero-order chi connectivity index (χ0) is 16.8. The van der Waals surface area contributed by atoms with Crippen LogP contribution in [-0.4, -0.2) is 52.4 Å². The van der Waals surface area contributed by atoms with Gasteiger partial charge in [-0.3, -0.25) is 4.79 Å². The number of amides is 1. The summed E-state index contributed by atoms with van der Waals surface area (Å²) in [5.74, 6) is 0.829. The fraction of sp³-hybridized carbons (Fsp3) is 0.471. The standard InChI is InChI=1S/C17H22N4O3/c1-23-16-6-4-14(5-7-16)10-24-11-17(22)20-8-2-3-15(9-20)21-13-18-12-19-21/h4-7,12-13,15H,2-3,8-11H2,1H3/t15-/m1/s1. The Hall–Kier alpha value is -2.41. The molecule has 1 aromatic heterocycles. The number of rotatable bonds is 6. The van der Waals surface area contributed by atoms with Gasteiger partial charge in [-0.2, -0.15) is 5.10 Å². The molecule has 1 fully saturated rings. The topological polar surface area (TPSA) is 69.5 Å². The Morgan fingerprint density at radius 1 is 1.33 bits per heavy atom. The monoisotopic (exact) mass is 330 g/mol. The summed E-state index contributed by atoms with van der Waals surface area (Å²) in [5, 5.41) is 4.18. The van der Waals surface area contributed by atoms with Gasteiger partial charge in [-0.05, 0) is 30.5 Å². The minimum atomic E-state index is 0.0216. The third-order valence-corrected chi connectivity index (χ3v) is 4.21. The summed E-state index contributed by atoms with van der Waals surface area (Å²) in [7, 11) is 1.63. The molecule has 7 heteroatoms. The molecule has 1 aliphatic heterocycles. The van der Waals surface area contributed by atoms with Gasteiger partial charge in [0.1, 0.15) is 25.0 Å². The van der Waals surface area contributed by atoms with E-state index >= 15 is 0 Å². The molecule has 24 heavy (non-hydrogen) atoms. The smallest absolute Gasteiger partial charge is 0.248 e. The number of nitrogens with zero attached hydrogens (tertiary/aromatic N) is 4. The van der Waals surface area contributed by atoms with Gasteiger partial charge in [0.15, 0.2) is 0 Å². The van der Waals surface area contributed by atoms with E-state index in [1.165, 1.54) is 6.33 Å². The van der Waals surface area contributed by atoms with Crippen LogP contribution in [0, 0.1) is 0 Å². The largest absolute Gasteiger partial charge is 0.497 e. The Bertz CT molecular complexity index is 642. The lowest BCUT2D eigenvalue weighted by Crippen LogP contribution is -2.42. The Morgan fingerprint density at radius 3 is 2.88 bits per heavy atom. The average molecular weight is 330 g/mol. The van der Waals surface area contributed by atoms with E-state index in [4.69, 9.17) is 9.47 Å². The van der Waals surface area contributed by atoms with Crippen molar-refractivity contribution < 1.29 is 14.3 Å². The first-order chi connectivity index (χ1) is 11.8. The molecule has 1 aromatic carbocycles. The molecule has 2 aromatic rings. The molecule has 7 nitrogen and oxygen atoms in total. The van der Waals surface area contributed by atoms with Crippen LogP contribution < -0.4 is 4.74 Å². The maximum atomic E-state index is 12.3. The molecule has 1 aliphatic rings. The Morgan fingerprint density at radius 2 is 2.17 bits per heavy atom. The number of aromatic nitrogens is 3. The van der Waals surface area contributed by atoms with Crippen LogP contribution in [0.3, 0.4) is 0 Å². The van der Waals surface area contributed by atoms with Crippen molar-refractivity contribution in [3.8, 4) is 5.75 Å². The number of hydrogen-bond donors (Lipinski definition) is 0. The van der Waals surface area contributed by atoms with Crippen molar-refractivity contribution in [2.75, 3.05) is 26.8 Å². The lowest BCUT2D eigenvalue weighted by molar-refractivity contribution is -0.138. The summed E-state index contributed by atoms with van der Waals surface area (Å²) in [5.41, 5.74) is 1.02. The normalized spacial score (nSPS) is 17.7. The van der Waals surface area contributed by atoms with Crippen molar-refractivity contribution in [3.05, 3.63) is 42.5 Å². The van der Waals surface area contributed by atoms with Gasteiger partial charge in [-0.1, -0.05) is 12.1 Å². The number of piperidine rings is 1. The van der Waals surface area contributed by atoms with Crippen LogP contribution >= 0.6 is 0 Å². The van der Waals surface area contributed by atoms with Gasteiger partial charge >= 0.3 is 0 Å². The fourth-order valence-corrected chi connectivity index (χ4v) is 2.87. The predicted octanol–water partition coefficient (Wildman–Crippen LogP) is 1.67. The number of carbonyl (C=O) groups is 1. The quantitative estimate of drug-likeness (QED) is 0.806. The van der Waals surface area contributed by atoms with E-state index in [0.29, 0.717) is 13.2 Å². The van der Waals surface area contributed by atoms with E-state index in [1.807, 2.05) is 33.8 Å². The number of ether oxygens (including phenoxy) is 2. The van der Waals surface area contributed by atoms with Gasteiger partial charge in [-0.25, -0.2) is 9.67 Å². The number of carbonyl (C=O) groups excluding carboxylic acids is 1. The maximum absolute atomic E-state index is 12.3. The Kier molecular flexibility index (Phi) is 5.43. The van der Waals surface area contributed by atoms with Gasteiger partial charge in [0.25, 0.3) is 0 Å². The zero-order valence-corrected chi connectivity index (χ0v) is 13.8. The molecule has 0 aliphatic carbocycles. The molecule has 128 valence electrons. The van der Waals surface area contributed by atoms with Crippen molar-refractivity contribution >= 4 is 5.91 Å². The van der Waals surface area contributed by atoms with E-state index in [-0.39, 0.29) is 18.6 Å². The SMILES string of the molecule is COc1ccc(COCC(=O)N2CCC[C@@H](n3cncn3)C2)cc1. The number of methoxy groups -OCH3 is 1. The van der Waals surface area contributed by atoms with Gasteiger partial charge in [0, 0.05) is 13.1 Å². The number of hydrogen-bond acceptors (Lipinski definition) is 5. The van der Waals surface area contributed by atoms with Crippen LogP contribution in [0.15, 0.2) is 36.9 Å². The van der Waals surface area contributed by atoms with Gasteiger partial charge in [0.05, 0.1) is 19.8 Å². The highest BCUT2D eigenvalue weighted by Crippen LogP contribution is 2.20. The van der Waals surface area contributed by atoms with Crippen LogP contribution in [0.4, 0.5) is 0 Å². The predicted molar refractivity (Wildman–Crippen MR) is 87.5 cm³/mol. The van der Waals surface area contributed by atoms with Crippen LogP contribution in [-0.2, 0) is 16.1 Å². The first kappa shape index (κ1) is 16.4. The Labute approximate surface area is 141 Å². The third kappa shape index (κ3) is 4.11. The minimum Gasteiger partial charge on any atom is -0.497 e. The second kappa shape index (κ2) is 7.92. The first-order valence-electron chi connectivity index (χ1n) is 8.09. The summed E-state index contributed by atoms with van der Waals surface area (Å²) in [6.45, 7) is 1.94. The fourth-order valence-electron chi connectivity index (χ4n) is 2.87. The minimum absolute atomic E-state index is 0.0216. The summed E-state index contributed by atoms with van der Waals surface area (Å²) in [6, 6.07) is 7.84. The summed E-state index contributed by atoms with van der Waals surface area (Å²) in [6.07, 6.45) is 5.21. The lowest BCUT2D eigenvalue weighted by Gasteiger charge is -2.32. The molecule has 1 atom stereocenters. The molecule has 0 bridgehead atoms. The molecule has 1 saturated heterocycles. The lowest BCUT2D eigenvalue weighted by atomic mass is 10.1. The molecular formula is C17H22N4O3. The number of likely N-dealkylation sites (tertiary alicyclic amines) is 1. The molecule has 0 radical (unpaired) electrons. The highest BCUT2D eigenvalue weighted by Gasteiger charge is 2.25. The van der Waals surface area contributed by atoms with Crippen molar-refractivity contribution in [2.24, 2.45) is 0 Å². The molecule has 2 heterocycles. The van der Waals surface area contributed by atoms with Crippen molar-refractivity contribution in [1.29, 1.82) is 0 Å². The van der Waals surface area contributed by atoms with E-state index in [0.717, 1.165) is 30.7 Å². The second-order valence-electron chi connectivity index (χ2n) is 5.85. The van der Waals surface area contributed by atoms with E-state index in [9.17, 15) is 4.79 Å². The third-order valence-electron chi connectivity index (χ3n) is 4.21. The molecule has 0 saturated carbocycles. The average Bonchev–Trinajstić information content (AvgIpc) is 3.17. The molecule has 3 rings (SSSR count). The molecule has 0 unspecified atom stereocenters. The molecule has 0 N–H and O–H groups in total. The molecule has 1 amide bonds. The van der Waals surface area contributed by atoms with E-state index < -0.39 is 0 Å².